The third kappa shape index (κ3) is 2.89. The molecular weight excluding hydrogens is 250 g/mol. The molecule has 5 heteroatoms. The Morgan fingerprint density at radius 3 is 3.30 bits per heavy atom. The summed E-state index contributed by atoms with van der Waals surface area (Å²) >= 11 is 0. The molecule has 0 radical (unpaired) electrons. The van der Waals surface area contributed by atoms with Crippen LogP contribution in [0, 0.1) is 0 Å². The van der Waals surface area contributed by atoms with Gasteiger partial charge in [0.15, 0.2) is 0 Å². The molecule has 0 aromatic carbocycles. The maximum absolute atomic E-state index is 5.86. The van der Waals surface area contributed by atoms with Crippen molar-refractivity contribution < 1.29 is 0 Å². The molecule has 5 nitrogen and oxygen atoms in total. The smallest absolute Gasteiger partial charge is 0.0932 e. The molecule has 4 N–H and O–H groups in total. The van der Waals surface area contributed by atoms with Crippen molar-refractivity contribution in [3.05, 3.63) is 35.2 Å². The lowest BCUT2D eigenvalue weighted by molar-refractivity contribution is 0.705. The molecular formula is C15H21N5. The first-order chi connectivity index (χ1) is 9.86. The predicted octanol–water partition coefficient (Wildman–Crippen LogP) is 0.518. The highest BCUT2D eigenvalue weighted by Crippen LogP contribution is 2.19. The number of allylic oxidation sites excluding steroid dienone is 3. The lowest BCUT2D eigenvalue weighted by Gasteiger charge is -2.25. The highest BCUT2D eigenvalue weighted by Gasteiger charge is 2.19. The van der Waals surface area contributed by atoms with Gasteiger partial charge in [0.25, 0.3) is 0 Å². The lowest BCUT2D eigenvalue weighted by Crippen LogP contribution is -2.31. The molecule has 106 valence electrons. The van der Waals surface area contributed by atoms with Gasteiger partial charge in [-0.05, 0) is 25.5 Å². The first kappa shape index (κ1) is 13.3. The van der Waals surface area contributed by atoms with Crippen molar-refractivity contribution in [2.45, 2.75) is 24.9 Å². The van der Waals surface area contributed by atoms with Gasteiger partial charge < -0.3 is 16.4 Å². The largest absolute Gasteiger partial charge is 0.356 e. The Morgan fingerprint density at radius 1 is 1.55 bits per heavy atom. The molecule has 2 aliphatic heterocycles. The van der Waals surface area contributed by atoms with Crippen molar-refractivity contribution in [2.75, 3.05) is 19.6 Å². The summed E-state index contributed by atoms with van der Waals surface area (Å²) < 4.78 is 0. The van der Waals surface area contributed by atoms with E-state index in [1.807, 2.05) is 12.4 Å². The molecule has 1 aliphatic carbocycles. The maximum Gasteiger partial charge on any atom is 0.0932 e. The van der Waals surface area contributed by atoms with Crippen LogP contribution >= 0.6 is 0 Å². The summed E-state index contributed by atoms with van der Waals surface area (Å²) in [6, 6.07) is 0.612. The highest BCUT2D eigenvalue weighted by atomic mass is 15.0. The number of hydrogen-bond donors (Lipinski definition) is 3. The topological polar surface area (TPSA) is 74.8 Å². The Kier molecular flexibility index (Phi) is 4.08. The molecule has 0 spiro atoms. The number of hydrogen-bond acceptors (Lipinski definition) is 5. The fourth-order valence-corrected chi connectivity index (χ4v) is 2.59. The first-order valence-corrected chi connectivity index (χ1v) is 7.21. The maximum atomic E-state index is 5.86. The summed E-state index contributed by atoms with van der Waals surface area (Å²) in [6.07, 6.45) is 12.1. The van der Waals surface area contributed by atoms with E-state index in [0.29, 0.717) is 12.6 Å². The van der Waals surface area contributed by atoms with E-state index < -0.39 is 0 Å². The van der Waals surface area contributed by atoms with E-state index in [0.717, 1.165) is 42.9 Å². The highest BCUT2D eigenvalue weighted by molar-refractivity contribution is 5.92. The molecule has 1 fully saturated rings. The second-order valence-electron chi connectivity index (χ2n) is 5.27. The van der Waals surface area contributed by atoms with Crippen LogP contribution in [0.2, 0.25) is 0 Å². The Morgan fingerprint density at radius 2 is 2.50 bits per heavy atom. The van der Waals surface area contributed by atoms with Crippen LogP contribution in [-0.2, 0) is 0 Å². The van der Waals surface area contributed by atoms with Crippen LogP contribution in [0.3, 0.4) is 0 Å². The minimum Gasteiger partial charge on any atom is -0.356 e. The van der Waals surface area contributed by atoms with E-state index in [2.05, 4.69) is 38.8 Å². The van der Waals surface area contributed by atoms with E-state index in [1.54, 1.807) is 0 Å². The summed E-state index contributed by atoms with van der Waals surface area (Å²) in [5, 5.41) is 6.75. The van der Waals surface area contributed by atoms with E-state index in [-0.39, 0.29) is 6.04 Å². The van der Waals surface area contributed by atoms with Crippen molar-refractivity contribution in [2.24, 2.45) is 15.7 Å². The van der Waals surface area contributed by atoms with E-state index in [1.165, 1.54) is 0 Å². The molecule has 0 saturated carbocycles. The summed E-state index contributed by atoms with van der Waals surface area (Å²) in [5.74, 6) is 0. The van der Waals surface area contributed by atoms with Gasteiger partial charge in [0.2, 0.25) is 0 Å². The number of rotatable bonds is 3. The van der Waals surface area contributed by atoms with Crippen molar-refractivity contribution in [1.29, 1.82) is 0 Å². The molecule has 1 saturated heterocycles. The van der Waals surface area contributed by atoms with Gasteiger partial charge in [-0.1, -0.05) is 12.2 Å². The standard InChI is InChI=1S/C15H21N5/c16-7-11(8-18-12-5-6-17-9-12)15-10-19-13-3-1-2-4-14(13)20-15/h1-2,4,8,10,12-13,17,20H,3,5-7,9,16H2. The quantitative estimate of drug-likeness (QED) is 0.655. The zero-order valence-corrected chi connectivity index (χ0v) is 11.5. The van der Waals surface area contributed by atoms with E-state index in [4.69, 9.17) is 5.73 Å². The van der Waals surface area contributed by atoms with Gasteiger partial charge >= 0.3 is 0 Å². The number of nitrogens with zero attached hydrogens (tertiary/aromatic N) is 2. The van der Waals surface area contributed by atoms with Crippen molar-refractivity contribution in [3.63, 3.8) is 0 Å². The van der Waals surface area contributed by atoms with Gasteiger partial charge in [0.05, 0.1) is 17.8 Å². The van der Waals surface area contributed by atoms with E-state index in [9.17, 15) is 0 Å². The van der Waals surface area contributed by atoms with Crippen LogP contribution in [0.5, 0.6) is 0 Å². The lowest BCUT2D eigenvalue weighted by atomic mass is 10.0. The third-order valence-electron chi connectivity index (χ3n) is 3.83. The van der Waals surface area contributed by atoms with Crippen molar-refractivity contribution in [1.82, 2.24) is 10.6 Å². The molecule has 0 aromatic heterocycles. The van der Waals surface area contributed by atoms with Crippen LogP contribution in [0.4, 0.5) is 0 Å². The SMILES string of the molecule is NCC(C=NC1CCNC1)=C1C=NC2CC=CC=C2N1. The molecule has 2 heterocycles. The minimum atomic E-state index is 0.235. The first-order valence-electron chi connectivity index (χ1n) is 7.21. The van der Waals surface area contributed by atoms with Crippen molar-refractivity contribution >= 4 is 12.4 Å². The Balaban J connectivity index is 1.78. The average molecular weight is 271 g/mol. The average Bonchev–Trinajstić information content (AvgIpc) is 3.01. The van der Waals surface area contributed by atoms with Gasteiger partial charge in [0.1, 0.15) is 0 Å². The molecule has 3 rings (SSSR count). The zero-order chi connectivity index (χ0) is 13.8. The molecule has 20 heavy (non-hydrogen) atoms. The monoisotopic (exact) mass is 271 g/mol. The Labute approximate surface area is 119 Å². The summed E-state index contributed by atoms with van der Waals surface area (Å²) in [4.78, 5) is 9.20. The van der Waals surface area contributed by atoms with Gasteiger partial charge in [-0.2, -0.15) is 0 Å². The zero-order valence-electron chi connectivity index (χ0n) is 11.5. The summed E-state index contributed by atoms with van der Waals surface area (Å²) in [6.45, 7) is 2.48. The number of aliphatic imine (C=N–C) groups is 2. The summed E-state index contributed by atoms with van der Waals surface area (Å²) in [5.41, 5.74) is 8.98. The second-order valence-corrected chi connectivity index (χ2v) is 5.27. The number of nitrogens with two attached hydrogens (primary N) is 1. The van der Waals surface area contributed by atoms with Gasteiger partial charge in [-0.3, -0.25) is 9.98 Å². The Bertz CT molecular complexity index is 506. The second kappa shape index (κ2) is 6.15. The van der Waals surface area contributed by atoms with Crippen molar-refractivity contribution in [3.8, 4) is 0 Å². The van der Waals surface area contributed by atoms with Crippen LogP contribution in [0.25, 0.3) is 0 Å². The molecule has 0 bridgehead atoms. The van der Waals surface area contributed by atoms with E-state index >= 15 is 0 Å². The molecule has 2 atom stereocenters. The Hall–Kier alpha value is -1.72. The van der Waals surface area contributed by atoms with Gasteiger partial charge in [0, 0.05) is 36.8 Å². The number of nitrogens with one attached hydrogen (secondary N) is 2. The normalized spacial score (nSPS) is 31.1. The van der Waals surface area contributed by atoms with Crippen LogP contribution in [0.1, 0.15) is 12.8 Å². The predicted molar refractivity (Wildman–Crippen MR) is 83.1 cm³/mol. The van der Waals surface area contributed by atoms with Crippen LogP contribution < -0.4 is 16.4 Å². The third-order valence-corrected chi connectivity index (χ3v) is 3.83. The fraction of sp³-hybridized carbons (Fsp3) is 0.467. The minimum absolute atomic E-state index is 0.235. The fourth-order valence-electron chi connectivity index (χ4n) is 2.59. The van der Waals surface area contributed by atoms with Gasteiger partial charge in [-0.25, -0.2) is 0 Å². The summed E-state index contributed by atoms with van der Waals surface area (Å²) in [7, 11) is 0. The van der Waals surface area contributed by atoms with Gasteiger partial charge in [-0.15, -0.1) is 0 Å². The molecule has 3 aliphatic rings. The number of fused-ring (bicyclic) bond motifs is 1. The molecule has 0 amide bonds. The molecule has 0 aromatic rings. The van der Waals surface area contributed by atoms with Crippen LogP contribution in [-0.4, -0.2) is 44.1 Å². The molecule has 2 unspecified atom stereocenters. The van der Waals surface area contributed by atoms with Crippen LogP contribution in [0.15, 0.2) is 45.2 Å².